The molecular formula is C22H30N4O6S. The number of rotatable bonds is 3. The molecule has 2 saturated heterocycles. The maximum atomic E-state index is 12.9. The molecule has 0 atom stereocenters. The van der Waals surface area contributed by atoms with Crippen LogP contribution in [0.5, 0.6) is 5.88 Å². The highest BCUT2D eigenvalue weighted by Crippen LogP contribution is 2.27. The van der Waals surface area contributed by atoms with Gasteiger partial charge in [-0.2, -0.15) is 0 Å². The highest BCUT2D eigenvalue weighted by Gasteiger charge is 2.32. The quantitative estimate of drug-likeness (QED) is 0.681. The Labute approximate surface area is 193 Å². The van der Waals surface area contributed by atoms with E-state index in [1.807, 2.05) is 0 Å². The van der Waals surface area contributed by atoms with Gasteiger partial charge in [0, 0.05) is 38.2 Å². The molecule has 3 aliphatic rings. The van der Waals surface area contributed by atoms with Crippen LogP contribution >= 0.6 is 0 Å². The SMILES string of the molecule is NC(=O)c1nc(OC(=O)N2CCCN(C(=O)C3CCS(=O)(=O)CC3)CC2)cc2c1CCCC2. The van der Waals surface area contributed by atoms with Crippen molar-refractivity contribution in [2.45, 2.75) is 44.9 Å². The number of nitrogens with two attached hydrogens (primary N) is 1. The lowest BCUT2D eigenvalue weighted by Gasteiger charge is -2.28. The van der Waals surface area contributed by atoms with E-state index in [2.05, 4.69) is 4.98 Å². The Hall–Kier alpha value is -2.69. The van der Waals surface area contributed by atoms with Crippen molar-refractivity contribution in [3.63, 3.8) is 0 Å². The summed E-state index contributed by atoms with van der Waals surface area (Å²) in [5.41, 5.74) is 7.44. The first kappa shape index (κ1) is 23.5. The van der Waals surface area contributed by atoms with Crippen LogP contribution in [0.4, 0.5) is 4.79 Å². The minimum atomic E-state index is -3.03. The molecule has 3 amide bonds. The summed E-state index contributed by atoms with van der Waals surface area (Å²) in [6.45, 7) is 1.61. The van der Waals surface area contributed by atoms with Crippen LogP contribution in [0.25, 0.3) is 0 Å². The number of amides is 3. The largest absolute Gasteiger partial charge is 0.416 e. The van der Waals surface area contributed by atoms with Gasteiger partial charge in [0.25, 0.3) is 5.91 Å². The fraction of sp³-hybridized carbons (Fsp3) is 0.636. The van der Waals surface area contributed by atoms with Crippen molar-refractivity contribution in [3.05, 3.63) is 22.9 Å². The summed E-state index contributed by atoms with van der Waals surface area (Å²) < 4.78 is 28.8. The molecule has 0 unspecified atom stereocenters. The maximum Gasteiger partial charge on any atom is 0.416 e. The van der Waals surface area contributed by atoms with Crippen molar-refractivity contribution in [1.29, 1.82) is 0 Å². The minimum Gasteiger partial charge on any atom is -0.391 e. The molecule has 2 aliphatic heterocycles. The zero-order valence-corrected chi connectivity index (χ0v) is 19.4. The van der Waals surface area contributed by atoms with Gasteiger partial charge in [0.1, 0.15) is 15.5 Å². The number of hydrogen-bond acceptors (Lipinski definition) is 7. The van der Waals surface area contributed by atoms with E-state index in [0.29, 0.717) is 45.4 Å². The fourth-order valence-electron chi connectivity index (χ4n) is 4.84. The molecule has 0 spiro atoms. The van der Waals surface area contributed by atoms with Crippen LogP contribution in [-0.2, 0) is 27.5 Å². The number of ether oxygens (including phenoxy) is 1. The molecule has 11 heteroatoms. The normalized spacial score (nSPS) is 21.1. The molecule has 0 radical (unpaired) electrons. The van der Waals surface area contributed by atoms with Gasteiger partial charge in [-0.1, -0.05) is 0 Å². The van der Waals surface area contributed by atoms with Gasteiger partial charge in [-0.15, -0.1) is 0 Å². The van der Waals surface area contributed by atoms with Crippen LogP contribution in [0.1, 0.15) is 53.7 Å². The third-order valence-corrected chi connectivity index (χ3v) is 8.43. The Morgan fingerprint density at radius 2 is 1.64 bits per heavy atom. The lowest BCUT2D eigenvalue weighted by molar-refractivity contribution is -0.135. The lowest BCUT2D eigenvalue weighted by Crippen LogP contribution is -2.42. The third-order valence-electron chi connectivity index (χ3n) is 6.71. The molecule has 0 saturated carbocycles. The summed E-state index contributed by atoms with van der Waals surface area (Å²) in [7, 11) is -3.03. The number of carbonyl (C=O) groups is 3. The van der Waals surface area contributed by atoms with Crippen molar-refractivity contribution in [3.8, 4) is 5.88 Å². The number of pyridine rings is 1. The molecule has 0 bridgehead atoms. The Kier molecular flexibility index (Phi) is 6.87. The predicted molar refractivity (Wildman–Crippen MR) is 120 cm³/mol. The third kappa shape index (κ3) is 5.45. The highest BCUT2D eigenvalue weighted by molar-refractivity contribution is 7.91. The number of aromatic nitrogens is 1. The first-order valence-corrected chi connectivity index (χ1v) is 13.3. The Bertz CT molecular complexity index is 1040. The van der Waals surface area contributed by atoms with Crippen LogP contribution in [-0.4, -0.2) is 78.8 Å². The number of aryl methyl sites for hydroxylation is 1. The second-order valence-corrected chi connectivity index (χ2v) is 11.3. The molecule has 1 aromatic rings. The van der Waals surface area contributed by atoms with E-state index < -0.39 is 21.8 Å². The van der Waals surface area contributed by atoms with Gasteiger partial charge in [0.15, 0.2) is 0 Å². The molecular weight excluding hydrogens is 448 g/mol. The zero-order valence-electron chi connectivity index (χ0n) is 18.6. The number of sulfone groups is 1. The van der Waals surface area contributed by atoms with E-state index in [9.17, 15) is 22.8 Å². The number of primary amides is 1. The average Bonchev–Trinajstić information content (AvgIpc) is 3.04. The van der Waals surface area contributed by atoms with Crippen molar-refractivity contribution in [2.24, 2.45) is 11.7 Å². The van der Waals surface area contributed by atoms with E-state index >= 15 is 0 Å². The highest BCUT2D eigenvalue weighted by atomic mass is 32.2. The second kappa shape index (κ2) is 9.66. The van der Waals surface area contributed by atoms with E-state index in [0.717, 1.165) is 36.8 Å². The van der Waals surface area contributed by atoms with E-state index in [-0.39, 0.29) is 34.9 Å². The molecule has 4 rings (SSSR count). The van der Waals surface area contributed by atoms with Gasteiger partial charge in [-0.3, -0.25) is 9.59 Å². The minimum absolute atomic E-state index is 0.0393. The predicted octanol–water partition coefficient (Wildman–Crippen LogP) is 0.917. The van der Waals surface area contributed by atoms with E-state index in [1.54, 1.807) is 11.0 Å². The van der Waals surface area contributed by atoms with Gasteiger partial charge < -0.3 is 20.3 Å². The van der Waals surface area contributed by atoms with Crippen molar-refractivity contribution >= 4 is 27.7 Å². The van der Waals surface area contributed by atoms with Crippen LogP contribution in [0.3, 0.4) is 0 Å². The summed E-state index contributed by atoms with van der Waals surface area (Å²) in [5.74, 6) is -0.782. The van der Waals surface area contributed by atoms with Crippen molar-refractivity contribution < 1.29 is 27.5 Å². The average molecular weight is 479 g/mol. The number of carbonyl (C=O) groups excluding carboxylic acids is 3. The fourth-order valence-corrected chi connectivity index (χ4v) is 6.33. The molecule has 1 aromatic heterocycles. The maximum absolute atomic E-state index is 12.9. The number of hydrogen-bond donors (Lipinski definition) is 1. The van der Waals surface area contributed by atoms with E-state index in [1.165, 1.54) is 4.90 Å². The van der Waals surface area contributed by atoms with Gasteiger partial charge in [-0.05, 0) is 56.1 Å². The first-order valence-electron chi connectivity index (χ1n) is 11.5. The summed E-state index contributed by atoms with van der Waals surface area (Å²) >= 11 is 0. The molecule has 33 heavy (non-hydrogen) atoms. The molecule has 10 nitrogen and oxygen atoms in total. The molecule has 2 N–H and O–H groups in total. The number of nitrogens with zero attached hydrogens (tertiary/aromatic N) is 3. The Morgan fingerprint density at radius 3 is 2.36 bits per heavy atom. The van der Waals surface area contributed by atoms with Gasteiger partial charge in [0.2, 0.25) is 11.8 Å². The molecule has 1 aliphatic carbocycles. The van der Waals surface area contributed by atoms with Crippen LogP contribution < -0.4 is 10.5 Å². The smallest absolute Gasteiger partial charge is 0.391 e. The van der Waals surface area contributed by atoms with E-state index in [4.69, 9.17) is 10.5 Å². The van der Waals surface area contributed by atoms with Gasteiger partial charge >= 0.3 is 6.09 Å². The second-order valence-electron chi connectivity index (χ2n) is 8.98. The lowest BCUT2D eigenvalue weighted by atomic mass is 9.91. The standard InChI is InChI=1S/C22H30N4O6S/c23-20(27)19-17-5-2-1-4-16(17)14-18(24-19)32-22(29)26-9-3-8-25(10-11-26)21(28)15-6-12-33(30,31)13-7-15/h14-15H,1-13H2,(H2,23,27). The summed E-state index contributed by atoms with van der Waals surface area (Å²) in [4.78, 5) is 45.0. The van der Waals surface area contributed by atoms with Crippen LogP contribution in [0.15, 0.2) is 6.07 Å². The Morgan fingerprint density at radius 1 is 0.970 bits per heavy atom. The van der Waals surface area contributed by atoms with Crippen LogP contribution in [0.2, 0.25) is 0 Å². The summed E-state index contributed by atoms with van der Waals surface area (Å²) in [5, 5.41) is 0. The van der Waals surface area contributed by atoms with Crippen molar-refractivity contribution in [1.82, 2.24) is 14.8 Å². The van der Waals surface area contributed by atoms with Gasteiger partial charge in [0.05, 0.1) is 11.5 Å². The summed E-state index contributed by atoms with van der Waals surface area (Å²) in [6, 6.07) is 1.71. The van der Waals surface area contributed by atoms with Crippen LogP contribution in [0, 0.1) is 5.92 Å². The molecule has 3 heterocycles. The van der Waals surface area contributed by atoms with Gasteiger partial charge in [-0.25, -0.2) is 18.2 Å². The molecule has 2 fully saturated rings. The summed E-state index contributed by atoms with van der Waals surface area (Å²) in [6.07, 6.45) is 4.20. The topological polar surface area (TPSA) is 140 Å². The van der Waals surface area contributed by atoms with Crippen molar-refractivity contribution in [2.75, 3.05) is 37.7 Å². The zero-order chi connectivity index (χ0) is 23.6. The molecule has 180 valence electrons. The number of fused-ring (bicyclic) bond motifs is 1. The monoisotopic (exact) mass is 478 g/mol. The Balaban J connectivity index is 1.38. The first-order chi connectivity index (χ1) is 15.7. The molecule has 0 aromatic carbocycles.